The molecule has 0 radical (unpaired) electrons. The molecule has 0 saturated heterocycles. The molecule has 0 saturated carbocycles. The lowest BCUT2D eigenvalue weighted by Gasteiger charge is -2.14. The molecule has 0 atom stereocenters. The van der Waals surface area contributed by atoms with Crippen LogP contribution in [0.1, 0.15) is 12.5 Å². The minimum atomic E-state index is -3.00. The zero-order valence-corrected chi connectivity index (χ0v) is 14.8. The lowest BCUT2D eigenvalue weighted by molar-refractivity contribution is -0.0504. The molecule has 0 heterocycles. The lowest BCUT2D eigenvalue weighted by atomic mass is 9.98. The van der Waals surface area contributed by atoms with Crippen molar-refractivity contribution in [1.82, 2.24) is 0 Å². The molecule has 0 aliphatic rings. The first-order valence-electron chi connectivity index (χ1n) is 8.57. The van der Waals surface area contributed by atoms with Crippen LogP contribution in [0.3, 0.4) is 0 Å². The molecular formula is C22H19F3O2. The molecule has 0 aliphatic heterocycles. The van der Waals surface area contributed by atoms with Crippen molar-refractivity contribution in [3.8, 4) is 22.6 Å². The SMILES string of the molecule is C=CCOc1ccc(-c2ccc3c(F)c(CC)c(OC(F)F)cc3c2)cc1. The van der Waals surface area contributed by atoms with Gasteiger partial charge in [0.15, 0.2) is 0 Å². The van der Waals surface area contributed by atoms with Gasteiger partial charge in [-0.25, -0.2) is 4.39 Å². The number of rotatable bonds is 7. The Kier molecular flexibility index (Phi) is 5.69. The minimum Gasteiger partial charge on any atom is -0.490 e. The number of fused-ring (bicyclic) bond motifs is 1. The molecule has 0 N–H and O–H groups in total. The van der Waals surface area contributed by atoms with Gasteiger partial charge in [0, 0.05) is 10.9 Å². The first-order valence-corrected chi connectivity index (χ1v) is 8.57. The molecule has 3 aromatic carbocycles. The van der Waals surface area contributed by atoms with Crippen molar-refractivity contribution in [3.63, 3.8) is 0 Å². The van der Waals surface area contributed by atoms with E-state index in [4.69, 9.17) is 4.74 Å². The van der Waals surface area contributed by atoms with E-state index in [2.05, 4.69) is 11.3 Å². The van der Waals surface area contributed by atoms with Crippen LogP contribution in [-0.4, -0.2) is 13.2 Å². The van der Waals surface area contributed by atoms with E-state index in [1.807, 2.05) is 24.3 Å². The third kappa shape index (κ3) is 4.08. The van der Waals surface area contributed by atoms with Crippen molar-refractivity contribution in [3.05, 3.63) is 72.6 Å². The van der Waals surface area contributed by atoms with Crippen LogP contribution in [0.15, 0.2) is 61.2 Å². The topological polar surface area (TPSA) is 18.5 Å². The van der Waals surface area contributed by atoms with Crippen molar-refractivity contribution >= 4 is 10.8 Å². The number of hydrogen-bond donors (Lipinski definition) is 0. The second kappa shape index (κ2) is 8.16. The summed E-state index contributed by atoms with van der Waals surface area (Å²) in [4.78, 5) is 0. The number of hydrogen-bond acceptors (Lipinski definition) is 2. The molecule has 0 fully saturated rings. The maximum atomic E-state index is 14.7. The van der Waals surface area contributed by atoms with Crippen molar-refractivity contribution in [2.75, 3.05) is 6.61 Å². The summed E-state index contributed by atoms with van der Waals surface area (Å²) < 4.78 is 50.1. The van der Waals surface area contributed by atoms with Gasteiger partial charge in [0.1, 0.15) is 23.9 Å². The second-order valence-electron chi connectivity index (χ2n) is 5.96. The fraction of sp³-hybridized carbons (Fsp3) is 0.182. The van der Waals surface area contributed by atoms with Crippen molar-refractivity contribution < 1.29 is 22.6 Å². The largest absolute Gasteiger partial charge is 0.490 e. The van der Waals surface area contributed by atoms with Gasteiger partial charge in [0.2, 0.25) is 0 Å². The maximum Gasteiger partial charge on any atom is 0.387 e. The average molecular weight is 372 g/mol. The maximum absolute atomic E-state index is 14.7. The van der Waals surface area contributed by atoms with Crippen molar-refractivity contribution in [1.29, 1.82) is 0 Å². The minimum absolute atomic E-state index is 0.122. The highest BCUT2D eigenvalue weighted by Gasteiger charge is 2.16. The van der Waals surface area contributed by atoms with Crippen LogP contribution in [-0.2, 0) is 6.42 Å². The van der Waals surface area contributed by atoms with Gasteiger partial charge in [0.05, 0.1) is 0 Å². The van der Waals surface area contributed by atoms with Gasteiger partial charge in [0.25, 0.3) is 0 Å². The van der Waals surface area contributed by atoms with E-state index in [9.17, 15) is 13.2 Å². The summed E-state index contributed by atoms with van der Waals surface area (Å²) >= 11 is 0. The standard InChI is InChI=1S/C22H19F3O2/c1-3-11-26-17-8-5-14(6-9-17)15-7-10-19-16(12-15)13-20(27-22(24)25)18(4-2)21(19)23/h3,5-10,12-13,22H,1,4,11H2,2H3. The molecular weight excluding hydrogens is 353 g/mol. The first kappa shape index (κ1) is 18.8. The molecule has 0 aromatic heterocycles. The summed E-state index contributed by atoms with van der Waals surface area (Å²) in [5, 5.41) is 0.882. The van der Waals surface area contributed by atoms with Gasteiger partial charge in [-0.3, -0.25) is 0 Å². The predicted octanol–water partition coefficient (Wildman–Crippen LogP) is 6.37. The number of ether oxygens (including phenoxy) is 2. The summed E-state index contributed by atoms with van der Waals surface area (Å²) in [5.74, 6) is 0.0684. The quantitative estimate of drug-likeness (QED) is 0.448. The third-order valence-electron chi connectivity index (χ3n) is 4.26. The number of alkyl halides is 2. The summed E-state index contributed by atoms with van der Waals surface area (Å²) in [7, 11) is 0. The highest BCUT2D eigenvalue weighted by molar-refractivity contribution is 5.90. The van der Waals surface area contributed by atoms with Crippen LogP contribution in [0, 0.1) is 5.82 Å². The van der Waals surface area contributed by atoms with Gasteiger partial charge in [-0.1, -0.05) is 43.8 Å². The van der Waals surface area contributed by atoms with Crippen molar-refractivity contribution in [2.24, 2.45) is 0 Å². The van der Waals surface area contributed by atoms with Gasteiger partial charge in [-0.15, -0.1) is 0 Å². The van der Waals surface area contributed by atoms with Crippen LogP contribution < -0.4 is 9.47 Å². The van der Waals surface area contributed by atoms with Crippen LogP contribution in [0.2, 0.25) is 0 Å². The molecule has 0 spiro atoms. The Hall–Kier alpha value is -2.95. The monoisotopic (exact) mass is 372 g/mol. The lowest BCUT2D eigenvalue weighted by Crippen LogP contribution is -2.06. The van der Waals surface area contributed by atoms with Crippen LogP contribution >= 0.6 is 0 Å². The molecule has 5 heteroatoms. The summed E-state index contributed by atoms with van der Waals surface area (Å²) in [6.45, 7) is 2.72. The summed E-state index contributed by atoms with van der Waals surface area (Å²) in [6, 6.07) is 14.1. The molecule has 0 unspecified atom stereocenters. The zero-order valence-electron chi connectivity index (χ0n) is 14.8. The fourth-order valence-electron chi connectivity index (χ4n) is 2.99. The van der Waals surface area contributed by atoms with Gasteiger partial charge >= 0.3 is 6.61 Å². The Bertz CT molecular complexity index is 950. The normalized spacial score (nSPS) is 11.0. The Labute approximate surface area is 155 Å². The van der Waals surface area contributed by atoms with E-state index in [1.165, 1.54) is 6.07 Å². The van der Waals surface area contributed by atoms with E-state index in [0.29, 0.717) is 23.1 Å². The molecule has 140 valence electrons. The predicted molar refractivity (Wildman–Crippen MR) is 101 cm³/mol. The van der Waals surface area contributed by atoms with Crippen molar-refractivity contribution in [2.45, 2.75) is 20.0 Å². The molecule has 3 rings (SSSR count). The fourth-order valence-corrected chi connectivity index (χ4v) is 2.99. The highest BCUT2D eigenvalue weighted by Crippen LogP contribution is 2.34. The number of benzene rings is 3. The summed E-state index contributed by atoms with van der Waals surface area (Å²) in [6.07, 6.45) is 1.92. The second-order valence-corrected chi connectivity index (χ2v) is 5.96. The Morgan fingerprint density at radius 1 is 1.04 bits per heavy atom. The molecule has 3 aromatic rings. The van der Waals surface area contributed by atoms with E-state index < -0.39 is 12.4 Å². The van der Waals surface area contributed by atoms with E-state index in [0.717, 1.165) is 11.1 Å². The molecule has 2 nitrogen and oxygen atoms in total. The molecule has 0 amide bonds. The first-order chi connectivity index (χ1) is 13.0. The smallest absolute Gasteiger partial charge is 0.387 e. The van der Waals surface area contributed by atoms with Gasteiger partial charge in [-0.05, 0) is 47.2 Å². The molecule has 0 aliphatic carbocycles. The van der Waals surface area contributed by atoms with Gasteiger partial charge in [-0.2, -0.15) is 8.78 Å². The molecule has 0 bridgehead atoms. The van der Waals surface area contributed by atoms with Crippen LogP contribution in [0.25, 0.3) is 21.9 Å². The van der Waals surface area contributed by atoms with Crippen LogP contribution in [0.5, 0.6) is 11.5 Å². The Balaban J connectivity index is 2.02. The van der Waals surface area contributed by atoms with Gasteiger partial charge < -0.3 is 9.47 Å². The third-order valence-corrected chi connectivity index (χ3v) is 4.26. The molecule has 27 heavy (non-hydrogen) atoms. The van der Waals surface area contributed by atoms with E-state index >= 15 is 0 Å². The van der Waals surface area contributed by atoms with E-state index in [1.54, 1.807) is 31.2 Å². The van der Waals surface area contributed by atoms with E-state index in [-0.39, 0.29) is 17.7 Å². The zero-order chi connectivity index (χ0) is 19.4. The average Bonchev–Trinajstić information content (AvgIpc) is 2.66. The Morgan fingerprint density at radius 3 is 2.37 bits per heavy atom. The summed E-state index contributed by atoms with van der Waals surface area (Å²) in [5.41, 5.74) is 1.89. The highest BCUT2D eigenvalue weighted by atomic mass is 19.3. The number of halogens is 3. The Morgan fingerprint density at radius 2 is 1.74 bits per heavy atom. The van der Waals surface area contributed by atoms with Crippen LogP contribution in [0.4, 0.5) is 13.2 Å².